The Labute approximate surface area is 199 Å². The summed E-state index contributed by atoms with van der Waals surface area (Å²) < 4.78 is 24.8. The van der Waals surface area contributed by atoms with E-state index in [1.807, 2.05) is 17.5 Å². The molecule has 1 saturated heterocycles. The number of methoxy groups -OCH3 is 1. The molecule has 0 spiro atoms. The molecule has 0 aliphatic carbocycles. The molecule has 3 aromatic rings. The fraction of sp³-hybridized carbons (Fsp3) is 0.200. The normalized spacial score (nSPS) is 17.3. The number of hydrogen-bond acceptors (Lipinski definition) is 7. The van der Waals surface area contributed by atoms with E-state index in [0.29, 0.717) is 5.56 Å². The Bertz CT molecular complexity index is 1270. The fourth-order valence-electron chi connectivity index (χ4n) is 3.94. The molecule has 176 valence electrons. The van der Waals surface area contributed by atoms with E-state index in [4.69, 9.17) is 9.47 Å². The van der Waals surface area contributed by atoms with Crippen LogP contribution < -0.4 is 9.47 Å². The number of ether oxygens (including phenoxy) is 2. The first-order valence-corrected chi connectivity index (χ1v) is 11.3. The molecule has 9 heteroatoms. The summed E-state index contributed by atoms with van der Waals surface area (Å²) in [5, 5.41) is 23.2. The third-order valence-corrected chi connectivity index (χ3v) is 6.32. The van der Waals surface area contributed by atoms with E-state index in [0.717, 1.165) is 17.0 Å². The van der Waals surface area contributed by atoms with Crippen LogP contribution in [0.5, 0.6) is 17.2 Å². The van der Waals surface area contributed by atoms with Crippen molar-refractivity contribution in [3.8, 4) is 17.2 Å². The average molecular weight is 484 g/mol. The van der Waals surface area contributed by atoms with Crippen LogP contribution in [0.3, 0.4) is 0 Å². The fourth-order valence-corrected chi connectivity index (χ4v) is 4.65. The highest BCUT2D eigenvalue weighted by Crippen LogP contribution is 2.43. The van der Waals surface area contributed by atoms with Gasteiger partial charge < -0.3 is 24.6 Å². The van der Waals surface area contributed by atoms with E-state index < -0.39 is 29.3 Å². The number of phenols is 1. The van der Waals surface area contributed by atoms with Gasteiger partial charge in [0.1, 0.15) is 17.3 Å². The summed E-state index contributed by atoms with van der Waals surface area (Å²) in [6.45, 7) is 2.16. The molecule has 0 bridgehead atoms. The second kappa shape index (κ2) is 9.56. The minimum Gasteiger partial charge on any atom is -0.507 e. The van der Waals surface area contributed by atoms with Crippen molar-refractivity contribution in [3.63, 3.8) is 0 Å². The van der Waals surface area contributed by atoms with Crippen LogP contribution in [0.25, 0.3) is 5.76 Å². The lowest BCUT2D eigenvalue weighted by Gasteiger charge is -2.25. The number of phenolic OH excluding ortho intramolecular Hbond substituents is 1. The average Bonchev–Trinajstić information content (AvgIpc) is 3.43. The van der Waals surface area contributed by atoms with Crippen molar-refractivity contribution in [2.45, 2.75) is 19.5 Å². The maximum atomic E-state index is 14.0. The van der Waals surface area contributed by atoms with E-state index in [1.54, 1.807) is 13.0 Å². The van der Waals surface area contributed by atoms with Gasteiger partial charge in [-0.05, 0) is 54.3 Å². The standard InChI is InChI=1S/C25H22FNO6S/c1-3-33-20-11-14(6-8-18(20)28)22-21(23(29)17-12-15(26)7-9-19(17)32-2)24(30)25(31)27(22)13-16-5-4-10-34-16/h4-12,22,28-29H,3,13H2,1-2H3/b23-21+. The highest BCUT2D eigenvalue weighted by atomic mass is 32.1. The molecule has 0 saturated carbocycles. The second-order valence-electron chi connectivity index (χ2n) is 7.51. The number of likely N-dealkylation sites (tertiary alicyclic amines) is 1. The maximum Gasteiger partial charge on any atom is 0.295 e. The maximum absolute atomic E-state index is 14.0. The Morgan fingerprint density at radius 1 is 1.15 bits per heavy atom. The Hall–Kier alpha value is -3.85. The summed E-state index contributed by atoms with van der Waals surface area (Å²) in [6.07, 6.45) is 0. The lowest BCUT2D eigenvalue weighted by molar-refractivity contribution is -0.140. The summed E-state index contributed by atoms with van der Waals surface area (Å²) in [7, 11) is 1.35. The molecule has 2 N–H and O–H groups in total. The van der Waals surface area contributed by atoms with Gasteiger partial charge in [-0.2, -0.15) is 0 Å². The Balaban J connectivity index is 1.93. The number of carbonyl (C=O) groups is 2. The van der Waals surface area contributed by atoms with E-state index in [1.165, 1.54) is 41.5 Å². The Kier molecular flexibility index (Phi) is 6.56. The molecule has 1 aromatic heterocycles. The van der Waals surface area contributed by atoms with Crippen molar-refractivity contribution in [2.75, 3.05) is 13.7 Å². The van der Waals surface area contributed by atoms with Crippen molar-refractivity contribution in [2.24, 2.45) is 0 Å². The first kappa shape index (κ1) is 23.3. The van der Waals surface area contributed by atoms with Crippen molar-refractivity contribution in [1.29, 1.82) is 0 Å². The van der Waals surface area contributed by atoms with E-state index in [-0.39, 0.29) is 41.5 Å². The number of amides is 1. The lowest BCUT2D eigenvalue weighted by atomic mass is 9.94. The van der Waals surface area contributed by atoms with Crippen molar-refractivity contribution in [1.82, 2.24) is 4.90 Å². The summed E-state index contributed by atoms with van der Waals surface area (Å²) in [4.78, 5) is 28.5. The molecule has 1 atom stereocenters. The van der Waals surface area contributed by atoms with Gasteiger partial charge in [0.15, 0.2) is 11.5 Å². The molecule has 1 aliphatic heterocycles. The van der Waals surface area contributed by atoms with E-state index in [9.17, 15) is 24.2 Å². The number of aliphatic hydroxyl groups excluding tert-OH is 1. The zero-order valence-corrected chi connectivity index (χ0v) is 19.3. The quantitative estimate of drug-likeness (QED) is 0.289. The molecule has 2 aromatic carbocycles. The van der Waals surface area contributed by atoms with Crippen LogP contribution in [0.4, 0.5) is 4.39 Å². The summed E-state index contributed by atoms with van der Waals surface area (Å²) in [6, 6.07) is 10.7. The lowest BCUT2D eigenvalue weighted by Crippen LogP contribution is -2.28. The van der Waals surface area contributed by atoms with Gasteiger partial charge in [0, 0.05) is 4.88 Å². The molecular formula is C25H22FNO6S. The molecule has 4 rings (SSSR count). The minimum absolute atomic E-state index is 0.0505. The number of aliphatic hydroxyl groups is 1. The smallest absolute Gasteiger partial charge is 0.295 e. The van der Waals surface area contributed by atoms with Crippen LogP contribution in [-0.4, -0.2) is 40.5 Å². The van der Waals surface area contributed by atoms with Gasteiger partial charge in [-0.3, -0.25) is 9.59 Å². The first-order valence-electron chi connectivity index (χ1n) is 10.5. The van der Waals surface area contributed by atoms with Gasteiger partial charge in [-0.1, -0.05) is 12.1 Å². The summed E-state index contributed by atoms with van der Waals surface area (Å²) >= 11 is 1.42. The molecular weight excluding hydrogens is 461 g/mol. The van der Waals surface area contributed by atoms with Gasteiger partial charge in [0.2, 0.25) is 0 Å². The van der Waals surface area contributed by atoms with Gasteiger partial charge in [0.05, 0.1) is 37.4 Å². The molecule has 1 amide bonds. The van der Waals surface area contributed by atoms with Crippen LogP contribution in [0.1, 0.15) is 29.0 Å². The number of halogens is 1. The van der Waals surface area contributed by atoms with Crippen LogP contribution >= 0.6 is 11.3 Å². The molecule has 7 nitrogen and oxygen atoms in total. The third kappa shape index (κ3) is 4.22. The molecule has 0 radical (unpaired) electrons. The number of carbonyl (C=O) groups excluding carboxylic acids is 2. The third-order valence-electron chi connectivity index (χ3n) is 5.46. The Morgan fingerprint density at radius 3 is 2.62 bits per heavy atom. The number of benzene rings is 2. The molecule has 34 heavy (non-hydrogen) atoms. The Morgan fingerprint density at radius 2 is 1.94 bits per heavy atom. The van der Waals surface area contributed by atoms with Crippen LogP contribution in [0.2, 0.25) is 0 Å². The molecule has 1 unspecified atom stereocenters. The van der Waals surface area contributed by atoms with Crippen molar-refractivity contribution < 1.29 is 33.7 Å². The monoisotopic (exact) mass is 483 g/mol. The first-order chi connectivity index (χ1) is 16.3. The molecule has 1 aliphatic rings. The SMILES string of the molecule is CCOc1cc(C2/C(=C(\O)c3cc(F)ccc3OC)C(=O)C(=O)N2Cc2cccs2)ccc1O. The highest BCUT2D eigenvalue weighted by Gasteiger charge is 2.46. The number of nitrogens with zero attached hydrogens (tertiary/aromatic N) is 1. The van der Waals surface area contributed by atoms with Crippen molar-refractivity contribution >= 4 is 28.8 Å². The summed E-state index contributed by atoms with van der Waals surface area (Å²) in [5.41, 5.74) is 0.179. The predicted octanol–water partition coefficient (Wildman–Crippen LogP) is 4.62. The van der Waals surface area contributed by atoms with Crippen LogP contribution in [0, 0.1) is 5.82 Å². The van der Waals surface area contributed by atoms with Gasteiger partial charge in [-0.15, -0.1) is 11.3 Å². The van der Waals surface area contributed by atoms with Crippen molar-refractivity contribution in [3.05, 3.63) is 81.3 Å². The van der Waals surface area contributed by atoms with Gasteiger partial charge >= 0.3 is 0 Å². The zero-order valence-electron chi connectivity index (χ0n) is 18.4. The van der Waals surface area contributed by atoms with E-state index in [2.05, 4.69) is 0 Å². The molecule has 1 fully saturated rings. The topological polar surface area (TPSA) is 96.3 Å². The van der Waals surface area contributed by atoms with E-state index >= 15 is 0 Å². The van der Waals surface area contributed by atoms with Gasteiger partial charge in [-0.25, -0.2) is 4.39 Å². The van der Waals surface area contributed by atoms with Crippen LogP contribution in [-0.2, 0) is 16.1 Å². The number of rotatable bonds is 7. The van der Waals surface area contributed by atoms with Crippen LogP contribution in [0.15, 0.2) is 59.5 Å². The van der Waals surface area contributed by atoms with Gasteiger partial charge in [0.25, 0.3) is 11.7 Å². The summed E-state index contributed by atoms with van der Waals surface area (Å²) in [5.74, 6) is -2.70. The number of ketones is 1. The number of Topliss-reactive ketones (excluding diaryl/α,β-unsaturated/α-hetero) is 1. The zero-order chi connectivity index (χ0) is 24.4. The highest BCUT2D eigenvalue weighted by molar-refractivity contribution is 7.09. The number of thiophene rings is 1. The second-order valence-corrected chi connectivity index (χ2v) is 8.54. The largest absolute Gasteiger partial charge is 0.507 e. The number of hydrogen-bond donors (Lipinski definition) is 2. The minimum atomic E-state index is -1.00. The number of aromatic hydroxyl groups is 1. The predicted molar refractivity (Wildman–Crippen MR) is 124 cm³/mol. The molecule has 2 heterocycles.